The highest BCUT2D eigenvalue weighted by atomic mass is 19.3. The maximum atomic E-state index is 12.6. The third-order valence-electron chi connectivity index (χ3n) is 3.08. The van der Waals surface area contributed by atoms with Gasteiger partial charge in [0.25, 0.3) is 6.43 Å². The number of alkyl halides is 2. The molecule has 0 spiro atoms. The van der Waals surface area contributed by atoms with Crippen LogP contribution in [0.25, 0.3) is 0 Å². The molecule has 0 aliphatic heterocycles. The minimum Gasteiger partial charge on any atom is -0.493 e. The van der Waals surface area contributed by atoms with Crippen molar-refractivity contribution in [2.45, 2.75) is 19.1 Å². The molecule has 2 aromatic rings. The van der Waals surface area contributed by atoms with Gasteiger partial charge in [-0.25, -0.2) is 8.78 Å². The number of ether oxygens (including phenoxy) is 2. The van der Waals surface area contributed by atoms with Gasteiger partial charge in [-0.1, -0.05) is 36.4 Å². The summed E-state index contributed by atoms with van der Waals surface area (Å²) in [4.78, 5) is 0. The largest absolute Gasteiger partial charge is 0.493 e. The van der Waals surface area contributed by atoms with Crippen molar-refractivity contribution in [2.75, 3.05) is 7.11 Å². The van der Waals surface area contributed by atoms with Crippen molar-refractivity contribution < 1.29 is 18.3 Å². The molecule has 0 aliphatic carbocycles. The van der Waals surface area contributed by atoms with E-state index < -0.39 is 12.5 Å². The van der Waals surface area contributed by atoms with E-state index in [0.29, 0.717) is 23.7 Å². The number of nitrogens with two attached hydrogens (primary N) is 1. The molecule has 0 amide bonds. The minimum atomic E-state index is -2.62. The van der Waals surface area contributed by atoms with E-state index in [-0.39, 0.29) is 0 Å². The Kier molecular flexibility index (Phi) is 5.11. The van der Waals surface area contributed by atoms with Crippen LogP contribution in [0, 0.1) is 0 Å². The second kappa shape index (κ2) is 7.04. The lowest BCUT2D eigenvalue weighted by Crippen LogP contribution is -2.18. The predicted molar refractivity (Wildman–Crippen MR) is 76.7 cm³/mol. The van der Waals surface area contributed by atoms with E-state index in [1.807, 2.05) is 30.3 Å². The molecule has 2 rings (SSSR count). The van der Waals surface area contributed by atoms with Crippen LogP contribution in [0.4, 0.5) is 8.78 Å². The number of methoxy groups -OCH3 is 1. The molecule has 0 saturated carbocycles. The molecule has 0 bridgehead atoms. The smallest absolute Gasteiger partial charge is 0.257 e. The van der Waals surface area contributed by atoms with Crippen molar-refractivity contribution in [3.05, 3.63) is 59.7 Å². The molecule has 0 heterocycles. The van der Waals surface area contributed by atoms with Crippen LogP contribution in [-0.2, 0) is 6.61 Å². The van der Waals surface area contributed by atoms with Crippen LogP contribution in [0.5, 0.6) is 11.5 Å². The van der Waals surface area contributed by atoms with E-state index in [0.717, 1.165) is 5.56 Å². The number of hydrogen-bond acceptors (Lipinski definition) is 3. The topological polar surface area (TPSA) is 44.5 Å². The molecular weight excluding hydrogens is 276 g/mol. The van der Waals surface area contributed by atoms with E-state index in [1.165, 1.54) is 19.2 Å². The van der Waals surface area contributed by atoms with Gasteiger partial charge in [0.05, 0.1) is 13.2 Å². The van der Waals surface area contributed by atoms with Gasteiger partial charge in [-0.2, -0.15) is 0 Å². The second-order valence-electron chi connectivity index (χ2n) is 4.54. The normalized spacial score (nSPS) is 12.2. The van der Waals surface area contributed by atoms with Crippen LogP contribution >= 0.6 is 0 Å². The summed E-state index contributed by atoms with van der Waals surface area (Å²) in [6.45, 7) is 0.372. The number of benzene rings is 2. The van der Waals surface area contributed by atoms with Crippen LogP contribution < -0.4 is 15.2 Å². The summed E-state index contributed by atoms with van der Waals surface area (Å²) in [7, 11) is 1.46. The van der Waals surface area contributed by atoms with Gasteiger partial charge in [0, 0.05) is 0 Å². The highest BCUT2D eigenvalue weighted by molar-refractivity contribution is 5.44. The van der Waals surface area contributed by atoms with Gasteiger partial charge in [0.2, 0.25) is 0 Å². The van der Waals surface area contributed by atoms with E-state index in [4.69, 9.17) is 15.2 Å². The Bertz CT molecular complexity index is 576. The molecule has 1 atom stereocenters. The van der Waals surface area contributed by atoms with Gasteiger partial charge in [-0.3, -0.25) is 0 Å². The monoisotopic (exact) mass is 293 g/mol. The number of hydrogen-bond donors (Lipinski definition) is 1. The fraction of sp³-hybridized carbons (Fsp3) is 0.250. The summed E-state index contributed by atoms with van der Waals surface area (Å²) in [5, 5.41) is 0. The van der Waals surface area contributed by atoms with Crippen molar-refractivity contribution in [3.63, 3.8) is 0 Å². The average Bonchev–Trinajstić information content (AvgIpc) is 2.53. The molecule has 0 unspecified atom stereocenters. The van der Waals surface area contributed by atoms with Gasteiger partial charge >= 0.3 is 0 Å². The van der Waals surface area contributed by atoms with E-state index in [2.05, 4.69) is 0 Å². The van der Waals surface area contributed by atoms with Gasteiger partial charge in [0.15, 0.2) is 11.5 Å². The summed E-state index contributed by atoms with van der Waals surface area (Å²) in [6, 6.07) is 12.9. The van der Waals surface area contributed by atoms with Gasteiger partial charge in [-0.15, -0.1) is 0 Å². The van der Waals surface area contributed by atoms with Gasteiger partial charge in [0.1, 0.15) is 6.61 Å². The quantitative estimate of drug-likeness (QED) is 0.886. The molecule has 0 aromatic heterocycles. The Balaban J connectivity index is 2.13. The summed E-state index contributed by atoms with van der Waals surface area (Å²) in [6.07, 6.45) is -2.62. The summed E-state index contributed by atoms with van der Waals surface area (Å²) >= 11 is 0. The molecular formula is C16H17F2NO2. The first kappa shape index (κ1) is 15.3. The lowest BCUT2D eigenvalue weighted by Gasteiger charge is -2.15. The van der Waals surface area contributed by atoms with Crippen molar-refractivity contribution in [1.82, 2.24) is 0 Å². The molecule has 5 heteroatoms. The van der Waals surface area contributed by atoms with Crippen molar-refractivity contribution >= 4 is 0 Å². The van der Waals surface area contributed by atoms with Crippen LogP contribution in [0.2, 0.25) is 0 Å². The zero-order valence-electron chi connectivity index (χ0n) is 11.6. The Morgan fingerprint density at radius 2 is 1.76 bits per heavy atom. The van der Waals surface area contributed by atoms with E-state index >= 15 is 0 Å². The van der Waals surface area contributed by atoms with Crippen molar-refractivity contribution in [3.8, 4) is 11.5 Å². The Hall–Kier alpha value is -2.14. The molecule has 0 radical (unpaired) electrons. The highest BCUT2D eigenvalue weighted by Gasteiger charge is 2.19. The molecule has 0 fully saturated rings. The molecule has 2 aromatic carbocycles. The lowest BCUT2D eigenvalue weighted by molar-refractivity contribution is 0.116. The summed E-state index contributed by atoms with van der Waals surface area (Å²) in [5.74, 6) is 0.881. The van der Waals surface area contributed by atoms with Crippen molar-refractivity contribution in [1.29, 1.82) is 0 Å². The van der Waals surface area contributed by atoms with Crippen molar-refractivity contribution in [2.24, 2.45) is 5.73 Å². The van der Waals surface area contributed by atoms with E-state index in [9.17, 15) is 8.78 Å². The molecule has 0 saturated heterocycles. The van der Waals surface area contributed by atoms with Gasteiger partial charge in [-0.05, 0) is 23.3 Å². The first-order valence-electron chi connectivity index (χ1n) is 6.50. The highest BCUT2D eigenvalue weighted by Crippen LogP contribution is 2.31. The average molecular weight is 293 g/mol. The lowest BCUT2D eigenvalue weighted by atomic mass is 10.1. The molecule has 3 nitrogen and oxygen atoms in total. The van der Waals surface area contributed by atoms with E-state index in [1.54, 1.807) is 6.07 Å². The van der Waals surface area contributed by atoms with Crippen LogP contribution in [0.3, 0.4) is 0 Å². The zero-order chi connectivity index (χ0) is 15.2. The summed E-state index contributed by atoms with van der Waals surface area (Å²) in [5.41, 5.74) is 6.75. The standard InChI is InChI=1S/C16H17F2NO2/c1-20-14-9-12(15(19)16(17)18)7-8-13(14)21-10-11-5-3-2-4-6-11/h2-9,15-16H,10,19H2,1H3/t15-/m1/s1. The first-order chi connectivity index (χ1) is 10.1. The van der Waals surface area contributed by atoms with Crippen LogP contribution in [-0.4, -0.2) is 13.5 Å². The van der Waals surface area contributed by atoms with Crippen LogP contribution in [0.1, 0.15) is 17.2 Å². The fourth-order valence-corrected chi connectivity index (χ4v) is 1.89. The molecule has 0 aliphatic rings. The van der Waals surface area contributed by atoms with Gasteiger partial charge < -0.3 is 15.2 Å². The maximum Gasteiger partial charge on any atom is 0.257 e. The Morgan fingerprint density at radius 1 is 1.05 bits per heavy atom. The fourth-order valence-electron chi connectivity index (χ4n) is 1.89. The van der Waals surface area contributed by atoms with Crippen LogP contribution in [0.15, 0.2) is 48.5 Å². The Morgan fingerprint density at radius 3 is 2.38 bits per heavy atom. The third kappa shape index (κ3) is 3.92. The molecule has 21 heavy (non-hydrogen) atoms. The molecule has 2 N–H and O–H groups in total. The minimum absolute atomic E-state index is 0.314. The number of halogens is 2. The Labute approximate surface area is 122 Å². The molecule has 112 valence electrons. The number of rotatable bonds is 6. The maximum absolute atomic E-state index is 12.6. The summed E-state index contributed by atoms with van der Waals surface area (Å²) < 4.78 is 36.1. The SMILES string of the molecule is COc1cc([C@@H](N)C(F)F)ccc1OCc1ccccc1. The predicted octanol–water partition coefficient (Wildman–Crippen LogP) is 3.54. The second-order valence-corrected chi connectivity index (χ2v) is 4.54. The first-order valence-corrected chi connectivity index (χ1v) is 6.50. The zero-order valence-corrected chi connectivity index (χ0v) is 11.6. The third-order valence-corrected chi connectivity index (χ3v) is 3.08.